The van der Waals surface area contributed by atoms with Gasteiger partial charge in [-0.2, -0.15) is 0 Å². The third-order valence-corrected chi connectivity index (χ3v) is 4.26. The quantitative estimate of drug-likeness (QED) is 0.523. The van der Waals surface area contributed by atoms with Gasteiger partial charge in [0.2, 0.25) is 0 Å². The Balaban J connectivity index is 0.000000195. The van der Waals surface area contributed by atoms with Crippen molar-refractivity contribution in [1.29, 1.82) is 0 Å². The van der Waals surface area contributed by atoms with Crippen molar-refractivity contribution in [3.8, 4) is 0 Å². The lowest BCUT2D eigenvalue weighted by atomic mass is 9.96. The molecule has 2 heterocycles. The molecule has 0 fully saturated rings. The van der Waals surface area contributed by atoms with Crippen molar-refractivity contribution in [3.63, 3.8) is 0 Å². The second kappa shape index (κ2) is 8.19. The predicted octanol–water partition coefficient (Wildman–Crippen LogP) is 1.55. The minimum absolute atomic E-state index is 0.214. The van der Waals surface area contributed by atoms with Crippen LogP contribution in [0, 0.1) is 0 Å². The van der Waals surface area contributed by atoms with Crippen LogP contribution in [0.1, 0.15) is 37.1 Å². The minimum atomic E-state index is -2.74. The molecule has 0 saturated carbocycles. The van der Waals surface area contributed by atoms with E-state index in [0.29, 0.717) is 0 Å². The Morgan fingerprint density at radius 3 is 2.30 bits per heavy atom. The van der Waals surface area contributed by atoms with E-state index in [1.165, 1.54) is 22.2 Å². The van der Waals surface area contributed by atoms with Crippen LogP contribution < -0.4 is 0 Å². The molecule has 0 radical (unpaired) electrons. The maximum absolute atomic E-state index is 10.3. The molecule has 1 aliphatic rings. The average Bonchev–Trinajstić information content (AvgIpc) is 2.94. The van der Waals surface area contributed by atoms with Gasteiger partial charge in [-0.3, -0.25) is 9.59 Å². The second-order valence-electron chi connectivity index (χ2n) is 6.30. The molecule has 3 rings (SSSR count). The third-order valence-electron chi connectivity index (χ3n) is 4.26. The van der Waals surface area contributed by atoms with Crippen molar-refractivity contribution >= 4 is 28.8 Å². The summed E-state index contributed by atoms with van der Waals surface area (Å²) >= 11 is 0. The third kappa shape index (κ3) is 4.83. The van der Waals surface area contributed by atoms with E-state index in [4.69, 9.17) is 25.2 Å². The summed E-state index contributed by atoms with van der Waals surface area (Å²) in [5, 5.41) is 35.2. The monoisotopic (exact) mass is 379 g/mol. The topological polar surface area (TPSA) is 157 Å². The number of carboxylic acids is 3. The number of fused-ring (bicyclic) bond motifs is 3. The number of aromatic nitrogens is 1. The highest BCUT2D eigenvalue weighted by Gasteiger charge is 2.40. The highest BCUT2D eigenvalue weighted by Crippen LogP contribution is 2.31. The summed E-state index contributed by atoms with van der Waals surface area (Å²) in [6.07, 6.45) is -1.04. The number of nitrogens with one attached hydrogen (secondary N) is 1. The fraction of sp³-hybridized carbons (Fsp3) is 0.389. The van der Waals surface area contributed by atoms with Gasteiger partial charge in [0.25, 0.3) is 0 Å². The highest BCUT2D eigenvalue weighted by atomic mass is 16.5. The Kier molecular flexibility index (Phi) is 6.19. The second-order valence-corrected chi connectivity index (χ2v) is 6.30. The lowest BCUT2D eigenvalue weighted by molar-refractivity contribution is -0.170. The maximum atomic E-state index is 10.3. The number of rotatable bonds is 5. The van der Waals surface area contributed by atoms with Gasteiger partial charge in [0.15, 0.2) is 5.60 Å². The van der Waals surface area contributed by atoms with E-state index < -0.39 is 36.4 Å². The molecular formula is C18H21NO8. The number of hydrogen-bond donors (Lipinski definition) is 5. The van der Waals surface area contributed by atoms with Gasteiger partial charge >= 0.3 is 17.9 Å². The number of aliphatic carboxylic acids is 3. The number of carboxylic acid groups (broad SMARTS) is 3. The number of hydrogen-bond acceptors (Lipinski definition) is 5. The van der Waals surface area contributed by atoms with Crippen LogP contribution in [-0.2, 0) is 25.5 Å². The van der Waals surface area contributed by atoms with E-state index in [1.807, 2.05) is 0 Å². The van der Waals surface area contributed by atoms with E-state index in [2.05, 4.69) is 36.2 Å². The molecule has 0 saturated heterocycles. The first kappa shape index (κ1) is 20.4. The molecule has 1 aliphatic heterocycles. The molecule has 9 heteroatoms. The molecule has 1 atom stereocenters. The first-order chi connectivity index (χ1) is 12.6. The molecule has 5 N–H and O–H groups in total. The molecule has 0 aliphatic carbocycles. The Morgan fingerprint density at radius 1 is 1.15 bits per heavy atom. The summed E-state index contributed by atoms with van der Waals surface area (Å²) in [7, 11) is 0. The molecule has 0 spiro atoms. The number of benzene rings is 1. The van der Waals surface area contributed by atoms with Crippen molar-refractivity contribution in [2.45, 2.75) is 37.9 Å². The molecule has 2 aromatic rings. The Labute approximate surface area is 154 Å². The van der Waals surface area contributed by atoms with Gasteiger partial charge in [0.05, 0.1) is 25.6 Å². The van der Waals surface area contributed by atoms with Crippen molar-refractivity contribution in [3.05, 3.63) is 35.5 Å². The van der Waals surface area contributed by atoms with E-state index >= 15 is 0 Å². The van der Waals surface area contributed by atoms with E-state index in [9.17, 15) is 14.4 Å². The van der Waals surface area contributed by atoms with Gasteiger partial charge in [-0.1, -0.05) is 18.2 Å². The minimum Gasteiger partial charge on any atom is -0.481 e. The summed E-state index contributed by atoms with van der Waals surface area (Å²) < 4.78 is 5.60. The van der Waals surface area contributed by atoms with Crippen LogP contribution in [0.5, 0.6) is 0 Å². The van der Waals surface area contributed by atoms with Gasteiger partial charge < -0.3 is 30.1 Å². The molecule has 1 unspecified atom stereocenters. The van der Waals surface area contributed by atoms with Gasteiger partial charge in [-0.05, 0) is 25.0 Å². The summed E-state index contributed by atoms with van der Waals surface area (Å²) in [4.78, 5) is 33.9. The van der Waals surface area contributed by atoms with Gasteiger partial charge in [-0.15, -0.1) is 0 Å². The molecule has 27 heavy (non-hydrogen) atoms. The van der Waals surface area contributed by atoms with Gasteiger partial charge in [0.1, 0.15) is 0 Å². The smallest absolute Gasteiger partial charge is 0.336 e. The normalized spacial score (nSPS) is 16.1. The van der Waals surface area contributed by atoms with Crippen LogP contribution in [0.2, 0.25) is 0 Å². The van der Waals surface area contributed by atoms with Crippen LogP contribution in [0.15, 0.2) is 24.3 Å². The number of para-hydroxylation sites is 1. The maximum Gasteiger partial charge on any atom is 0.336 e. The summed E-state index contributed by atoms with van der Waals surface area (Å²) in [5.41, 5.74) is 1.20. The number of aliphatic hydroxyl groups is 1. The molecule has 146 valence electrons. The standard InChI is InChI=1S/C12H13NO.C6H8O7/c1-8-12-10(6-7-14-8)9-4-2-3-5-11(9)13-12;7-3(8)1-6(13,5(11)12)2-4(9)10/h2-5,8,13H,6-7H2,1H3;13H,1-2H2,(H,7,8)(H,9,10)(H,11,12). The molecule has 9 nitrogen and oxygen atoms in total. The largest absolute Gasteiger partial charge is 0.481 e. The zero-order valence-corrected chi connectivity index (χ0v) is 14.6. The summed E-state index contributed by atoms with van der Waals surface area (Å²) in [5.74, 6) is -5.02. The van der Waals surface area contributed by atoms with Crippen LogP contribution in [0.25, 0.3) is 10.9 Å². The van der Waals surface area contributed by atoms with Gasteiger partial charge in [0, 0.05) is 16.6 Å². The van der Waals surface area contributed by atoms with Crippen molar-refractivity contribution < 1.29 is 39.5 Å². The van der Waals surface area contributed by atoms with Crippen molar-refractivity contribution in [1.82, 2.24) is 4.98 Å². The number of carbonyl (C=O) groups is 3. The Hall–Kier alpha value is -2.91. The van der Waals surface area contributed by atoms with E-state index in [-0.39, 0.29) is 6.10 Å². The van der Waals surface area contributed by atoms with Gasteiger partial charge in [-0.25, -0.2) is 4.79 Å². The van der Waals surface area contributed by atoms with Crippen LogP contribution in [0.3, 0.4) is 0 Å². The number of ether oxygens (including phenoxy) is 1. The fourth-order valence-electron chi connectivity index (χ4n) is 2.97. The Morgan fingerprint density at radius 2 is 1.74 bits per heavy atom. The van der Waals surface area contributed by atoms with E-state index in [0.717, 1.165) is 13.0 Å². The summed E-state index contributed by atoms with van der Waals surface area (Å²) in [6, 6.07) is 8.47. The SMILES string of the molecule is CC1OCCc2c1[nH]c1ccccc21.O=C(O)CC(O)(CC(=O)O)C(=O)O. The molecular weight excluding hydrogens is 358 g/mol. The zero-order valence-electron chi connectivity index (χ0n) is 14.6. The van der Waals surface area contributed by atoms with Crippen LogP contribution in [0.4, 0.5) is 0 Å². The van der Waals surface area contributed by atoms with Crippen LogP contribution >= 0.6 is 0 Å². The first-order valence-electron chi connectivity index (χ1n) is 8.24. The van der Waals surface area contributed by atoms with E-state index in [1.54, 1.807) is 0 Å². The zero-order chi connectivity index (χ0) is 20.2. The predicted molar refractivity (Wildman–Crippen MR) is 93.5 cm³/mol. The molecule has 1 aromatic carbocycles. The van der Waals surface area contributed by atoms with Crippen molar-refractivity contribution in [2.24, 2.45) is 0 Å². The first-order valence-corrected chi connectivity index (χ1v) is 8.24. The fourth-order valence-corrected chi connectivity index (χ4v) is 2.97. The lowest BCUT2D eigenvalue weighted by Crippen LogP contribution is -2.42. The highest BCUT2D eigenvalue weighted by molar-refractivity contribution is 5.88. The van der Waals surface area contributed by atoms with Crippen molar-refractivity contribution in [2.75, 3.05) is 6.61 Å². The molecule has 0 amide bonds. The lowest BCUT2D eigenvalue weighted by Gasteiger charge is -2.19. The summed E-state index contributed by atoms with van der Waals surface area (Å²) in [6.45, 7) is 2.95. The van der Waals surface area contributed by atoms with Crippen LogP contribution in [-0.4, -0.2) is 55.5 Å². The molecule has 0 bridgehead atoms. The number of aromatic amines is 1. The molecule has 1 aromatic heterocycles. The Bertz CT molecular complexity index is 840. The average molecular weight is 379 g/mol. The number of H-pyrrole nitrogens is 1.